The first-order chi connectivity index (χ1) is 23.7. The first-order valence-corrected chi connectivity index (χ1v) is 16.5. The van der Waals surface area contributed by atoms with Crippen molar-refractivity contribution in [1.29, 1.82) is 0 Å². The molecule has 2 aromatic carbocycles. The fraction of sp³-hybridized carbons (Fsp3) is 0.432. The third-order valence-electron chi connectivity index (χ3n) is 8.04. The maximum absolute atomic E-state index is 14.0. The van der Waals surface area contributed by atoms with Crippen molar-refractivity contribution in [3.05, 3.63) is 90.3 Å². The molecule has 0 bridgehead atoms. The zero-order valence-corrected chi connectivity index (χ0v) is 29.4. The van der Waals surface area contributed by atoms with E-state index >= 15 is 0 Å². The number of carbonyl (C=O) groups is 5. The zero-order chi connectivity index (χ0) is 36.5. The summed E-state index contributed by atoms with van der Waals surface area (Å²) in [4.78, 5) is 67.6. The first-order valence-electron chi connectivity index (χ1n) is 16.5. The van der Waals surface area contributed by atoms with Gasteiger partial charge in [0.2, 0.25) is 11.8 Å². The largest absolute Gasteiger partial charge is 0.467 e. The van der Waals surface area contributed by atoms with E-state index in [1.165, 1.54) is 21.0 Å². The number of nitrogens with one attached hydrogen (secondary N) is 3. The van der Waals surface area contributed by atoms with Crippen LogP contribution in [0.4, 0.5) is 10.5 Å². The monoisotopic (exact) mass is 689 g/mol. The van der Waals surface area contributed by atoms with E-state index in [9.17, 15) is 24.0 Å². The molecule has 1 saturated heterocycles. The highest BCUT2D eigenvalue weighted by Crippen LogP contribution is 2.28. The van der Waals surface area contributed by atoms with Crippen molar-refractivity contribution in [2.75, 3.05) is 25.6 Å². The fourth-order valence-corrected chi connectivity index (χ4v) is 5.53. The molecule has 3 atom stereocenters. The molecule has 0 spiro atoms. The van der Waals surface area contributed by atoms with Gasteiger partial charge in [-0.25, -0.2) is 9.59 Å². The summed E-state index contributed by atoms with van der Waals surface area (Å²) >= 11 is 0. The normalized spacial score (nSPS) is 15.8. The Balaban J connectivity index is 1.53. The average Bonchev–Trinajstić information content (AvgIpc) is 3.74. The van der Waals surface area contributed by atoms with E-state index in [-0.39, 0.29) is 19.1 Å². The second kappa shape index (κ2) is 16.5. The van der Waals surface area contributed by atoms with Gasteiger partial charge in [-0.2, -0.15) is 0 Å². The van der Waals surface area contributed by atoms with Crippen LogP contribution in [0.25, 0.3) is 0 Å². The number of benzene rings is 2. The summed E-state index contributed by atoms with van der Waals surface area (Å²) < 4.78 is 17.8. The molecule has 0 radical (unpaired) electrons. The van der Waals surface area contributed by atoms with Gasteiger partial charge < -0.3 is 39.6 Å². The number of hydrogen-bond donors (Lipinski definition) is 3. The van der Waals surface area contributed by atoms with E-state index in [2.05, 4.69) is 16.0 Å². The molecule has 3 N–H and O–H groups in total. The highest BCUT2D eigenvalue weighted by Gasteiger charge is 2.39. The van der Waals surface area contributed by atoms with Gasteiger partial charge in [0, 0.05) is 18.9 Å². The van der Waals surface area contributed by atoms with Gasteiger partial charge >= 0.3 is 12.1 Å². The summed E-state index contributed by atoms with van der Waals surface area (Å²) in [5, 5.41) is 8.08. The third-order valence-corrected chi connectivity index (χ3v) is 8.04. The predicted octanol–water partition coefficient (Wildman–Crippen LogP) is 4.18. The molecule has 50 heavy (non-hydrogen) atoms. The number of ether oxygens (including phenoxy) is 3. The number of alkyl carbamates (subject to hydrolysis) is 1. The number of likely N-dealkylation sites (tertiary alicyclic amines) is 1. The molecular formula is C37H47N5O8. The number of amides is 4. The summed E-state index contributed by atoms with van der Waals surface area (Å²) in [5.41, 5.74) is -0.276. The van der Waals surface area contributed by atoms with Gasteiger partial charge in [-0.1, -0.05) is 60.7 Å². The molecule has 0 aliphatic carbocycles. The summed E-state index contributed by atoms with van der Waals surface area (Å²) in [5.74, 6) is -1.96. The zero-order valence-electron chi connectivity index (χ0n) is 29.4. The Morgan fingerprint density at radius 2 is 1.58 bits per heavy atom. The number of esters is 1. The van der Waals surface area contributed by atoms with Crippen LogP contribution in [0.1, 0.15) is 64.6 Å². The van der Waals surface area contributed by atoms with Crippen LogP contribution in [0.2, 0.25) is 0 Å². The predicted molar refractivity (Wildman–Crippen MR) is 186 cm³/mol. The molecule has 1 fully saturated rings. The van der Waals surface area contributed by atoms with Crippen molar-refractivity contribution in [2.24, 2.45) is 0 Å². The quantitative estimate of drug-likeness (QED) is 0.226. The summed E-state index contributed by atoms with van der Waals surface area (Å²) in [6.45, 7) is 8.56. The van der Waals surface area contributed by atoms with Crippen LogP contribution in [0.3, 0.4) is 0 Å². The fourth-order valence-electron chi connectivity index (χ4n) is 5.53. The van der Waals surface area contributed by atoms with Gasteiger partial charge in [-0.3, -0.25) is 14.4 Å². The lowest BCUT2D eigenvalue weighted by Gasteiger charge is -2.29. The number of rotatable bonds is 13. The van der Waals surface area contributed by atoms with Gasteiger partial charge in [0.05, 0.1) is 26.0 Å². The van der Waals surface area contributed by atoms with Crippen LogP contribution in [0.5, 0.6) is 0 Å². The molecule has 13 nitrogen and oxygen atoms in total. The Morgan fingerprint density at radius 1 is 0.920 bits per heavy atom. The summed E-state index contributed by atoms with van der Waals surface area (Å²) in [7, 11) is 1.31. The van der Waals surface area contributed by atoms with Gasteiger partial charge in [-0.05, 0) is 64.7 Å². The highest BCUT2D eigenvalue weighted by atomic mass is 16.6. The molecule has 3 unspecified atom stereocenters. The average molecular weight is 690 g/mol. The van der Waals surface area contributed by atoms with Crippen molar-refractivity contribution in [3.63, 3.8) is 0 Å². The number of nitrogens with zero attached hydrogens (tertiary/aromatic N) is 2. The SMILES string of the molecule is COC(=O)C1CCCN1C(=O)C(c1ccccc1)n1ccc(NC(=O)C(COCc2ccccc2)NC(=O)C(C)(C)NC(=O)OC(C)(C)C)c1. The van der Waals surface area contributed by atoms with Gasteiger partial charge in [0.1, 0.15) is 29.3 Å². The smallest absolute Gasteiger partial charge is 0.408 e. The Hall–Kier alpha value is -5.17. The molecule has 3 aromatic rings. The van der Waals surface area contributed by atoms with Crippen LogP contribution >= 0.6 is 0 Å². The number of carbonyl (C=O) groups excluding carboxylic acids is 5. The first kappa shape index (κ1) is 37.6. The number of hydrogen-bond acceptors (Lipinski definition) is 8. The standard InChI is InChI=1S/C37H47N5O8/c1-36(2,3)50-35(47)40-37(4,5)34(46)39-28(24-49-23-25-14-9-7-10-15-25)31(43)38-27-19-21-41(22-27)30(26-16-11-8-12-17-26)32(44)42-20-13-18-29(42)33(45)48-6/h7-12,14-17,19,21-22,28-30H,13,18,20,23-24H2,1-6H3,(H,38,43)(H,39,46)(H,40,47). The van der Waals surface area contributed by atoms with Gasteiger partial charge in [0.25, 0.3) is 5.91 Å². The molecule has 13 heteroatoms. The lowest BCUT2D eigenvalue weighted by Crippen LogP contribution is -2.59. The lowest BCUT2D eigenvalue weighted by molar-refractivity contribution is -0.151. The Morgan fingerprint density at radius 3 is 2.22 bits per heavy atom. The summed E-state index contributed by atoms with van der Waals surface area (Å²) in [6, 6.07) is 17.5. The molecule has 4 amide bonds. The Labute approximate surface area is 292 Å². The highest BCUT2D eigenvalue weighted by molar-refractivity contribution is 5.99. The van der Waals surface area contributed by atoms with E-state index in [4.69, 9.17) is 14.2 Å². The molecule has 4 rings (SSSR count). The van der Waals surface area contributed by atoms with Gasteiger partial charge in [-0.15, -0.1) is 0 Å². The molecule has 1 aliphatic rings. The van der Waals surface area contributed by atoms with E-state index in [1.807, 2.05) is 60.7 Å². The maximum Gasteiger partial charge on any atom is 0.408 e. The third kappa shape index (κ3) is 10.2. The molecule has 0 saturated carbocycles. The molecule has 1 aliphatic heterocycles. The number of aromatic nitrogens is 1. The second-order valence-electron chi connectivity index (χ2n) is 13.6. The van der Waals surface area contributed by atoms with Crippen molar-refractivity contribution in [1.82, 2.24) is 20.1 Å². The van der Waals surface area contributed by atoms with Crippen LogP contribution in [-0.4, -0.2) is 82.7 Å². The Kier molecular flexibility index (Phi) is 12.4. The van der Waals surface area contributed by atoms with Gasteiger partial charge in [0.15, 0.2) is 0 Å². The number of methoxy groups -OCH3 is 1. The molecular weight excluding hydrogens is 642 g/mol. The van der Waals surface area contributed by atoms with Crippen LogP contribution in [-0.2, 0) is 40.0 Å². The molecule has 2 heterocycles. The molecule has 1 aromatic heterocycles. The second-order valence-corrected chi connectivity index (χ2v) is 13.6. The van der Waals surface area contributed by atoms with Crippen LogP contribution in [0.15, 0.2) is 79.1 Å². The topological polar surface area (TPSA) is 157 Å². The summed E-state index contributed by atoms with van der Waals surface area (Å²) in [6.07, 6.45) is 3.69. The van der Waals surface area contributed by atoms with E-state index in [1.54, 1.807) is 48.7 Å². The molecule has 268 valence electrons. The van der Waals surface area contributed by atoms with E-state index < -0.39 is 53.1 Å². The lowest BCUT2D eigenvalue weighted by atomic mass is 10.0. The minimum Gasteiger partial charge on any atom is -0.467 e. The van der Waals surface area contributed by atoms with Crippen molar-refractivity contribution in [2.45, 2.75) is 83.3 Å². The van der Waals surface area contributed by atoms with Crippen molar-refractivity contribution < 1.29 is 38.2 Å². The minimum absolute atomic E-state index is 0.176. The van der Waals surface area contributed by atoms with Crippen molar-refractivity contribution >= 4 is 35.5 Å². The minimum atomic E-state index is -1.44. The number of anilines is 1. The Bertz CT molecular complexity index is 1630. The van der Waals surface area contributed by atoms with E-state index in [0.29, 0.717) is 30.6 Å². The van der Waals surface area contributed by atoms with Crippen molar-refractivity contribution in [3.8, 4) is 0 Å². The van der Waals surface area contributed by atoms with E-state index in [0.717, 1.165) is 5.56 Å². The van der Waals surface area contributed by atoms with Crippen LogP contribution in [0, 0.1) is 0 Å². The maximum atomic E-state index is 14.0. The van der Waals surface area contributed by atoms with Crippen LogP contribution < -0.4 is 16.0 Å².